The summed E-state index contributed by atoms with van der Waals surface area (Å²) in [7, 11) is 0. The second kappa shape index (κ2) is 3.05. The minimum Gasteiger partial charge on any atom is -0.477 e. The highest BCUT2D eigenvalue weighted by molar-refractivity contribution is 5.88. The van der Waals surface area contributed by atoms with E-state index in [2.05, 4.69) is 15.0 Å². The van der Waals surface area contributed by atoms with Crippen molar-refractivity contribution in [3.8, 4) is 0 Å². The molecule has 76 valence electrons. The molecule has 0 radical (unpaired) electrons. The van der Waals surface area contributed by atoms with Crippen LogP contribution in [0.4, 0.5) is 5.95 Å². The third kappa shape index (κ3) is 1.50. The first-order valence-electron chi connectivity index (χ1n) is 3.98. The number of carboxylic acid groups (broad SMARTS) is 1. The molecular weight excluding hydrogens is 200 g/mol. The molecule has 15 heavy (non-hydrogen) atoms. The maximum Gasteiger partial charge on any atom is 0.354 e. The topological polar surface area (TPSA) is 122 Å². The van der Waals surface area contributed by atoms with Crippen molar-refractivity contribution in [1.82, 2.24) is 15.0 Å². The molecule has 0 atom stereocenters. The summed E-state index contributed by atoms with van der Waals surface area (Å²) < 4.78 is 0. The van der Waals surface area contributed by atoms with Crippen LogP contribution in [0.2, 0.25) is 0 Å². The van der Waals surface area contributed by atoms with E-state index in [1.165, 1.54) is 12.1 Å². The van der Waals surface area contributed by atoms with Crippen molar-refractivity contribution in [3.05, 3.63) is 28.2 Å². The van der Waals surface area contributed by atoms with Crippen LogP contribution in [0.3, 0.4) is 0 Å². The van der Waals surface area contributed by atoms with Gasteiger partial charge in [-0.1, -0.05) is 0 Å². The van der Waals surface area contributed by atoms with Crippen LogP contribution in [0.15, 0.2) is 16.9 Å². The molecule has 7 nitrogen and oxygen atoms in total. The van der Waals surface area contributed by atoms with Crippen molar-refractivity contribution in [1.29, 1.82) is 0 Å². The number of rotatable bonds is 1. The molecule has 0 fully saturated rings. The van der Waals surface area contributed by atoms with Crippen LogP contribution in [-0.2, 0) is 0 Å². The summed E-state index contributed by atoms with van der Waals surface area (Å²) in [6.07, 6.45) is 0. The van der Waals surface area contributed by atoms with Gasteiger partial charge in [-0.3, -0.25) is 9.78 Å². The number of nitrogens with zero attached hydrogens (tertiary/aromatic N) is 2. The number of anilines is 1. The predicted octanol–water partition coefficient (Wildman–Crippen LogP) is -0.402. The van der Waals surface area contributed by atoms with Gasteiger partial charge in [-0.15, -0.1) is 0 Å². The number of hydrogen-bond donors (Lipinski definition) is 3. The lowest BCUT2D eigenvalue weighted by Crippen LogP contribution is -2.14. The molecular formula is C8H6N4O3. The molecule has 0 aliphatic heterocycles. The number of nitrogen functional groups attached to an aromatic ring is 1. The van der Waals surface area contributed by atoms with Crippen molar-refractivity contribution in [2.24, 2.45) is 0 Å². The number of aromatic amines is 1. The molecule has 7 heteroatoms. The molecule has 4 N–H and O–H groups in total. The zero-order valence-electron chi connectivity index (χ0n) is 7.39. The highest BCUT2D eigenvalue weighted by Crippen LogP contribution is 2.06. The van der Waals surface area contributed by atoms with E-state index < -0.39 is 11.5 Å². The lowest BCUT2D eigenvalue weighted by atomic mass is 10.3. The molecule has 2 rings (SSSR count). The molecule has 2 heterocycles. The first kappa shape index (κ1) is 9.13. The van der Waals surface area contributed by atoms with E-state index in [1.54, 1.807) is 0 Å². The van der Waals surface area contributed by atoms with E-state index in [0.717, 1.165) is 0 Å². The Morgan fingerprint density at radius 2 is 2.13 bits per heavy atom. The Labute approximate surface area is 82.6 Å². The zero-order valence-corrected chi connectivity index (χ0v) is 7.39. The lowest BCUT2D eigenvalue weighted by Gasteiger charge is -1.98. The van der Waals surface area contributed by atoms with Gasteiger partial charge in [0.15, 0.2) is 5.52 Å². The van der Waals surface area contributed by atoms with Gasteiger partial charge < -0.3 is 10.8 Å². The van der Waals surface area contributed by atoms with E-state index in [1.807, 2.05) is 0 Å². The van der Waals surface area contributed by atoms with Crippen LogP contribution < -0.4 is 11.3 Å². The largest absolute Gasteiger partial charge is 0.477 e. The molecule has 0 aromatic carbocycles. The molecule has 0 unspecified atom stereocenters. The Morgan fingerprint density at radius 3 is 2.80 bits per heavy atom. The van der Waals surface area contributed by atoms with Crippen molar-refractivity contribution in [3.63, 3.8) is 0 Å². The number of pyridine rings is 1. The van der Waals surface area contributed by atoms with Crippen molar-refractivity contribution >= 4 is 23.0 Å². The number of carboxylic acids is 1. The first-order valence-corrected chi connectivity index (χ1v) is 3.98. The Hall–Kier alpha value is -2.44. The van der Waals surface area contributed by atoms with Gasteiger partial charge in [-0.25, -0.2) is 14.8 Å². The first-order chi connectivity index (χ1) is 7.08. The molecule has 2 aromatic rings. The van der Waals surface area contributed by atoms with Crippen LogP contribution in [0.1, 0.15) is 10.5 Å². The second-order valence-corrected chi connectivity index (χ2v) is 2.82. The normalized spacial score (nSPS) is 10.4. The summed E-state index contributed by atoms with van der Waals surface area (Å²) in [6.45, 7) is 0. The highest BCUT2D eigenvalue weighted by atomic mass is 16.4. The van der Waals surface area contributed by atoms with Crippen molar-refractivity contribution < 1.29 is 9.90 Å². The van der Waals surface area contributed by atoms with E-state index >= 15 is 0 Å². The molecule has 0 saturated carbocycles. The number of H-pyrrole nitrogens is 1. The van der Waals surface area contributed by atoms with Gasteiger partial charge in [0.05, 0.1) is 5.52 Å². The number of fused-ring (bicyclic) bond motifs is 1. The average Bonchev–Trinajstić information content (AvgIpc) is 2.16. The molecule has 0 spiro atoms. The van der Waals surface area contributed by atoms with Gasteiger partial charge in [0.1, 0.15) is 5.69 Å². The van der Waals surface area contributed by atoms with E-state index in [4.69, 9.17) is 10.8 Å². The lowest BCUT2D eigenvalue weighted by molar-refractivity contribution is 0.0691. The summed E-state index contributed by atoms with van der Waals surface area (Å²) in [5, 5.41) is 8.67. The molecule has 0 bridgehead atoms. The highest BCUT2D eigenvalue weighted by Gasteiger charge is 2.08. The second-order valence-electron chi connectivity index (χ2n) is 2.82. The minimum absolute atomic E-state index is 0.0302. The Balaban J connectivity index is 2.83. The number of nitrogens with two attached hydrogens (primary N) is 1. The Morgan fingerprint density at radius 1 is 1.40 bits per heavy atom. The van der Waals surface area contributed by atoms with Crippen LogP contribution in [0, 0.1) is 0 Å². The molecule has 0 saturated heterocycles. The fraction of sp³-hybridized carbons (Fsp3) is 0. The standard InChI is InChI=1S/C8H6N4O3/c9-8-11-3-1-2-4(7(14)15)10-5(3)6(13)12-8/h1-2H,(H,14,15)(H3,9,11,12,13). The predicted molar refractivity (Wildman–Crippen MR) is 51.5 cm³/mol. The number of aromatic nitrogens is 3. The van der Waals surface area contributed by atoms with Crippen LogP contribution in [0.5, 0.6) is 0 Å². The quantitative estimate of drug-likeness (QED) is 0.583. The zero-order chi connectivity index (χ0) is 11.0. The summed E-state index contributed by atoms with van der Waals surface area (Å²) in [4.78, 5) is 31.6. The average molecular weight is 206 g/mol. The van der Waals surface area contributed by atoms with Crippen LogP contribution >= 0.6 is 0 Å². The van der Waals surface area contributed by atoms with E-state index in [-0.39, 0.29) is 22.7 Å². The fourth-order valence-corrected chi connectivity index (χ4v) is 1.16. The fourth-order valence-electron chi connectivity index (χ4n) is 1.16. The summed E-state index contributed by atoms with van der Waals surface area (Å²) in [5.74, 6) is -1.23. The SMILES string of the molecule is Nc1nc2ccc(C(=O)O)nc2c(=O)[nH]1. The van der Waals surface area contributed by atoms with Crippen LogP contribution in [0.25, 0.3) is 11.0 Å². The molecule has 0 amide bonds. The van der Waals surface area contributed by atoms with E-state index in [0.29, 0.717) is 0 Å². The van der Waals surface area contributed by atoms with Gasteiger partial charge >= 0.3 is 5.97 Å². The van der Waals surface area contributed by atoms with Crippen molar-refractivity contribution in [2.45, 2.75) is 0 Å². The smallest absolute Gasteiger partial charge is 0.354 e. The van der Waals surface area contributed by atoms with Crippen LogP contribution in [-0.4, -0.2) is 26.0 Å². The van der Waals surface area contributed by atoms with Gasteiger partial charge in [0, 0.05) is 0 Å². The Kier molecular flexibility index (Phi) is 1.86. The number of aromatic carboxylic acids is 1. The Bertz CT molecular complexity index is 604. The van der Waals surface area contributed by atoms with Gasteiger partial charge in [-0.2, -0.15) is 0 Å². The van der Waals surface area contributed by atoms with E-state index in [9.17, 15) is 9.59 Å². The maximum absolute atomic E-state index is 11.3. The third-order valence-corrected chi connectivity index (χ3v) is 1.79. The third-order valence-electron chi connectivity index (χ3n) is 1.79. The summed E-state index contributed by atoms with van der Waals surface area (Å²) in [6, 6.07) is 2.65. The molecule has 0 aliphatic carbocycles. The number of carbonyl (C=O) groups is 1. The summed E-state index contributed by atoms with van der Waals surface area (Å²) >= 11 is 0. The van der Waals surface area contributed by atoms with Gasteiger partial charge in [0.25, 0.3) is 5.56 Å². The number of nitrogens with one attached hydrogen (secondary N) is 1. The van der Waals surface area contributed by atoms with Gasteiger partial charge in [0.2, 0.25) is 5.95 Å². The monoisotopic (exact) mass is 206 g/mol. The minimum atomic E-state index is -1.20. The maximum atomic E-state index is 11.3. The van der Waals surface area contributed by atoms with Gasteiger partial charge in [-0.05, 0) is 12.1 Å². The molecule has 0 aliphatic rings. The summed E-state index contributed by atoms with van der Waals surface area (Å²) in [5.41, 5.74) is 4.78. The van der Waals surface area contributed by atoms with Crippen molar-refractivity contribution in [2.75, 3.05) is 5.73 Å². The molecule has 2 aromatic heterocycles. The number of hydrogen-bond acceptors (Lipinski definition) is 5.